The molecule has 0 saturated heterocycles. The van der Waals surface area contributed by atoms with Crippen LogP contribution in [0.3, 0.4) is 0 Å². The van der Waals surface area contributed by atoms with Crippen molar-refractivity contribution >= 4 is 29.1 Å². The number of phenolic OH excluding ortho intramolecular Hbond substituents is 1. The van der Waals surface area contributed by atoms with E-state index in [0.29, 0.717) is 18.3 Å². The summed E-state index contributed by atoms with van der Waals surface area (Å²) in [5.74, 6) is -0.193. The first-order valence-electron chi connectivity index (χ1n) is 10.7. The van der Waals surface area contributed by atoms with Crippen molar-refractivity contribution in [1.29, 1.82) is 0 Å². The lowest BCUT2D eigenvalue weighted by molar-refractivity contribution is 0.0526. The van der Waals surface area contributed by atoms with Gasteiger partial charge in [0.15, 0.2) is 0 Å². The van der Waals surface area contributed by atoms with Crippen molar-refractivity contribution in [1.82, 2.24) is 0 Å². The molecule has 0 fully saturated rings. The van der Waals surface area contributed by atoms with Crippen molar-refractivity contribution < 1.29 is 14.6 Å². The van der Waals surface area contributed by atoms with E-state index in [1.807, 2.05) is 18.2 Å². The van der Waals surface area contributed by atoms with Crippen molar-refractivity contribution in [3.8, 4) is 5.75 Å². The van der Waals surface area contributed by atoms with Crippen LogP contribution >= 0.6 is 7.26 Å². The molecule has 0 aliphatic heterocycles. The van der Waals surface area contributed by atoms with E-state index in [9.17, 15) is 9.90 Å². The second kappa shape index (κ2) is 9.80. The molecule has 4 rings (SSSR count). The second-order valence-corrected chi connectivity index (χ2v) is 11.0. The lowest BCUT2D eigenvalue weighted by Gasteiger charge is -2.28. The van der Waals surface area contributed by atoms with Crippen molar-refractivity contribution in [2.75, 3.05) is 6.61 Å². The van der Waals surface area contributed by atoms with Gasteiger partial charge in [-0.05, 0) is 61.5 Å². The summed E-state index contributed by atoms with van der Waals surface area (Å²) < 4.78 is 5.20. The van der Waals surface area contributed by atoms with Gasteiger partial charge in [0.2, 0.25) is 0 Å². The molecule has 0 aromatic heterocycles. The highest BCUT2D eigenvalue weighted by Gasteiger charge is 2.46. The number of aromatic hydroxyl groups is 1. The second-order valence-electron chi connectivity index (χ2n) is 7.54. The van der Waals surface area contributed by atoms with Crippen LogP contribution in [0, 0.1) is 0 Å². The predicted octanol–water partition coefficient (Wildman–Crippen LogP) is 5.06. The van der Waals surface area contributed by atoms with E-state index >= 15 is 0 Å². The van der Waals surface area contributed by atoms with E-state index < -0.39 is 7.26 Å². The zero-order chi connectivity index (χ0) is 22.4. The summed E-state index contributed by atoms with van der Waals surface area (Å²) in [6.07, 6.45) is 0.587. The smallest absolute Gasteiger partial charge is 0.338 e. The normalized spacial score (nSPS) is 11.2. The van der Waals surface area contributed by atoms with Gasteiger partial charge >= 0.3 is 5.97 Å². The standard InChI is InChI=1S/C28H25O3P/c1-2-31-28(30)22-18-19-27(29)23(20-22)21-32(24-12-6-3-7-13-24,25-14-8-4-9-15-25)26-16-10-5-11-17-26/h3-20H,2,21H2,1H3/p+1. The molecule has 0 saturated carbocycles. The fourth-order valence-corrected chi connectivity index (χ4v) is 8.33. The van der Waals surface area contributed by atoms with E-state index in [2.05, 4.69) is 72.8 Å². The summed E-state index contributed by atoms with van der Waals surface area (Å²) in [7, 11) is -2.18. The lowest BCUT2D eigenvalue weighted by atomic mass is 10.1. The molecule has 32 heavy (non-hydrogen) atoms. The van der Waals surface area contributed by atoms with Crippen LogP contribution in [0.15, 0.2) is 109 Å². The number of carbonyl (C=O) groups excluding carboxylic acids is 1. The third-order valence-electron chi connectivity index (χ3n) is 5.59. The summed E-state index contributed by atoms with van der Waals surface area (Å²) in [5.41, 5.74) is 1.19. The number of hydrogen-bond donors (Lipinski definition) is 1. The number of ether oxygens (including phenoxy) is 1. The molecule has 0 aliphatic carbocycles. The van der Waals surface area contributed by atoms with Crippen molar-refractivity contribution in [2.24, 2.45) is 0 Å². The van der Waals surface area contributed by atoms with E-state index in [1.165, 1.54) is 15.9 Å². The fourth-order valence-electron chi connectivity index (χ4n) is 4.08. The molecule has 4 aromatic carbocycles. The molecule has 4 heteroatoms. The van der Waals surface area contributed by atoms with Crippen molar-refractivity contribution in [3.63, 3.8) is 0 Å². The first-order chi connectivity index (χ1) is 15.6. The Hall–Kier alpha value is -3.42. The van der Waals surface area contributed by atoms with Crippen LogP contribution in [0.25, 0.3) is 0 Å². The first-order valence-corrected chi connectivity index (χ1v) is 12.7. The highest BCUT2D eigenvalue weighted by molar-refractivity contribution is 7.95. The molecule has 0 unspecified atom stereocenters. The van der Waals surface area contributed by atoms with Crippen LogP contribution in [-0.4, -0.2) is 17.7 Å². The average molecular weight is 441 g/mol. The van der Waals surface area contributed by atoms with Crippen LogP contribution in [0.2, 0.25) is 0 Å². The lowest BCUT2D eigenvalue weighted by Crippen LogP contribution is -2.32. The van der Waals surface area contributed by atoms with Crippen LogP contribution in [0.5, 0.6) is 5.75 Å². The third kappa shape index (κ3) is 4.30. The minimum atomic E-state index is -2.18. The minimum Gasteiger partial charge on any atom is -0.508 e. The van der Waals surface area contributed by atoms with E-state index in [0.717, 1.165) is 5.56 Å². The Labute approximate surface area is 189 Å². The monoisotopic (exact) mass is 441 g/mol. The summed E-state index contributed by atoms with van der Waals surface area (Å²) in [5, 5.41) is 14.5. The topological polar surface area (TPSA) is 46.5 Å². The molecule has 0 aliphatic rings. The number of benzene rings is 4. The Morgan fingerprint density at radius 3 is 1.66 bits per heavy atom. The van der Waals surface area contributed by atoms with Crippen LogP contribution in [0.4, 0.5) is 0 Å². The Kier molecular flexibility index (Phi) is 6.68. The summed E-state index contributed by atoms with van der Waals surface area (Å²) in [6.45, 7) is 2.10. The Morgan fingerprint density at radius 1 is 0.750 bits per heavy atom. The third-order valence-corrected chi connectivity index (χ3v) is 9.94. The van der Waals surface area contributed by atoms with Crippen LogP contribution < -0.4 is 15.9 Å². The van der Waals surface area contributed by atoms with Crippen LogP contribution in [0.1, 0.15) is 22.8 Å². The number of rotatable bonds is 7. The van der Waals surface area contributed by atoms with Gasteiger partial charge < -0.3 is 9.84 Å². The molecule has 0 amide bonds. The van der Waals surface area contributed by atoms with E-state index in [4.69, 9.17) is 4.74 Å². The molecule has 4 aromatic rings. The molecule has 0 spiro atoms. The van der Waals surface area contributed by atoms with Gasteiger partial charge in [-0.15, -0.1) is 0 Å². The molecule has 0 atom stereocenters. The highest BCUT2D eigenvalue weighted by Crippen LogP contribution is 2.58. The van der Waals surface area contributed by atoms with Gasteiger partial charge in [-0.2, -0.15) is 0 Å². The number of esters is 1. The first kappa shape index (κ1) is 21.8. The molecule has 160 valence electrons. The predicted molar refractivity (Wildman–Crippen MR) is 133 cm³/mol. The number of hydrogen-bond acceptors (Lipinski definition) is 3. The molecular formula is C28H26O3P+. The van der Waals surface area contributed by atoms with Gasteiger partial charge in [-0.25, -0.2) is 4.79 Å². The Morgan fingerprint density at radius 2 is 1.22 bits per heavy atom. The van der Waals surface area contributed by atoms with Gasteiger partial charge in [0, 0.05) is 5.56 Å². The molecule has 0 bridgehead atoms. The van der Waals surface area contributed by atoms with Gasteiger partial charge in [-0.3, -0.25) is 0 Å². The summed E-state index contributed by atoms with van der Waals surface area (Å²) in [6, 6.07) is 36.4. The summed E-state index contributed by atoms with van der Waals surface area (Å²) >= 11 is 0. The zero-order valence-corrected chi connectivity index (χ0v) is 18.9. The van der Waals surface area contributed by atoms with E-state index in [-0.39, 0.29) is 11.7 Å². The molecule has 0 radical (unpaired) electrons. The number of phenols is 1. The largest absolute Gasteiger partial charge is 0.508 e. The average Bonchev–Trinajstić information content (AvgIpc) is 2.85. The Bertz CT molecular complexity index is 1080. The van der Waals surface area contributed by atoms with Crippen molar-refractivity contribution in [3.05, 3.63) is 120 Å². The van der Waals surface area contributed by atoms with Gasteiger partial charge in [0.25, 0.3) is 0 Å². The molecular weight excluding hydrogens is 415 g/mol. The minimum absolute atomic E-state index is 0.185. The Balaban J connectivity index is 1.95. The quantitative estimate of drug-likeness (QED) is 0.322. The fraction of sp³-hybridized carbons (Fsp3) is 0.107. The van der Waals surface area contributed by atoms with Gasteiger partial charge in [-0.1, -0.05) is 54.6 Å². The molecule has 3 nitrogen and oxygen atoms in total. The SMILES string of the molecule is CCOC(=O)c1ccc(O)c(C[P+](c2ccccc2)(c2ccccc2)c2ccccc2)c1. The van der Waals surface area contributed by atoms with E-state index in [1.54, 1.807) is 25.1 Å². The molecule has 0 heterocycles. The molecule has 1 N–H and O–H groups in total. The van der Waals surface area contributed by atoms with Gasteiger partial charge in [0.05, 0.1) is 12.2 Å². The summed E-state index contributed by atoms with van der Waals surface area (Å²) in [4.78, 5) is 12.4. The maximum atomic E-state index is 12.4. The van der Waals surface area contributed by atoms with Crippen LogP contribution in [-0.2, 0) is 10.9 Å². The number of carbonyl (C=O) groups is 1. The van der Waals surface area contributed by atoms with Gasteiger partial charge in [0.1, 0.15) is 35.1 Å². The highest BCUT2D eigenvalue weighted by atomic mass is 31.2. The maximum Gasteiger partial charge on any atom is 0.338 e. The zero-order valence-electron chi connectivity index (χ0n) is 18.0. The maximum absolute atomic E-state index is 12.4. The van der Waals surface area contributed by atoms with Crippen molar-refractivity contribution in [2.45, 2.75) is 13.1 Å².